The van der Waals surface area contributed by atoms with Gasteiger partial charge in [0.15, 0.2) is 0 Å². The molecule has 96 valence electrons. The summed E-state index contributed by atoms with van der Waals surface area (Å²) in [5.74, 6) is 0.601. The summed E-state index contributed by atoms with van der Waals surface area (Å²) in [5.41, 5.74) is 0.735. The highest BCUT2D eigenvalue weighted by Gasteiger charge is 2.26. The minimum absolute atomic E-state index is 0.0621. The summed E-state index contributed by atoms with van der Waals surface area (Å²) in [5, 5.41) is 12.0. The highest BCUT2D eigenvalue weighted by molar-refractivity contribution is 5.88. The number of hydrogen-bond donors (Lipinski definition) is 1. The van der Waals surface area contributed by atoms with E-state index in [0.29, 0.717) is 25.3 Å². The molecule has 0 spiro atoms. The normalized spacial score (nSPS) is 21.9. The Labute approximate surface area is 106 Å². The molecule has 1 aliphatic rings. The molecule has 1 atom stereocenters. The predicted octanol–water partition coefficient (Wildman–Crippen LogP) is 2.36. The van der Waals surface area contributed by atoms with E-state index >= 15 is 0 Å². The van der Waals surface area contributed by atoms with Gasteiger partial charge >= 0.3 is 6.09 Å². The molecule has 1 heterocycles. The Balaban J connectivity index is 1.95. The fraction of sp³-hybridized carbons (Fsp3) is 0.385. The zero-order valence-electron chi connectivity index (χ0n) is 10.2. The molecule has 5 heteroatoms. The van der Waals surface area contributed by atoms with Gasteiger partial charge in [-0.05, 0) is 12.1 Å². The summed E-state index contributed by atoms with van der Waals surface area (Å²) in [7, 11) is 0. The average Bonchev–Trinajstić information content (AvgIpc) is 2.39. The molecule has 1 aliphatic heterocycles. The van der Waals surface area contributed by atoms with Gasteiger partial charge in [0.1, 0.15) is 5.75 Å². The molecule has 1 N–H and O–H groups in total. The summed E-state index contributed by atoms with van der Waals surface area (Å²) < 4.78 is 5.26. The standard InChI is InChI=1S/C13H16N2O3/c1-10-9-15(8-7-12(10)14-17)13(16)18-11-5-3-2-4-6-11/h2-6,10,17H,7-9H2,1H3/b14-12+. The number of piperidine rings is 1. The highest BCUT2D eigenvalue weighted by Crippen LogP contribution is 2.16. The van der Waals surface area contributed by atoms with E-state index in [1.165, 1.54) is 0 Å². The first kappa shape index (κ1) is 12.4. The molecular formula is C13H16N2O3. The number of amides is 1. The van der Waals surface area contributed by atoms with E-state index < -0.39 is 0 Å². The second-order valence-electron chi connectivity index (χ2n) is 4.37. The van der Waals surface area contributed by atoms with Crippen LogP contribution < -0.4 is 4.74 Å². The van der Waals surface area contributed by atoms with E-state index in [1.54, 1.807) is 17.0 Å². The quantitative estimate of drug-likeness (QED) is 0.613. The van der Waals surface area contributed by atoms with E-state index in [2.05, 4.69) is 5.16 Å². The van der Waals surface area contributed by atoms with Gasteiger partial charge in [-0.1, -0.05) is 30.3 Å². The summed E-state index contributed by atoms with van der Waals surface area (Å²) in [6.45, 7) is 2.97. The van der Waals surface area contributed by atoms with Gasteiger partial charge in [-0.25, -0.2) is 4.79 Å². The van der Waals surface area contributed by atoms with Crippen molar-refractivity contribution < 1.29 is 14.7 Å². The van der Waals surface area contributed by atoms with Crippen molar-refractivity contribution in [3.05, 3.63) is 30.3 Å². The minimum atomic E-state index is -0.356. The number of para-hydroxylation sites is 1. The van der Waals surface area contributed by atoms with Gasteiger partial charge in [0.05, 0.1) is 5.71 Å². The Kier molecular flexibility index (Phi) is 3.82. The molecule has 5 nitrogen and oxygen atoms in total. The molecule has 0 bridgehead atoms. The number of carbonyl (C=O) groups is 1. The van der Waals surface area contributed by atoms with Crippen molar-refractivity contribution in [3.63, 3.8) is 0 Å². The first-order valence-corrected chi connectivity index (χ1v) is 5.93. The number of rotatable bonds is 1. The van der Waals surface area contributed by atoms with Crippen LogP contribution in [-0.2, 0) is 0 Å². The van der Waals surface area contributed by atoms with E-state index in [0.717, 1.165) is 5.71 Å². The Morgan fingerprint density at radius 3 is 2.78 bits per heavy atom. The number of oxime groups is 1. The highest BCUT2D eigenvalue weighted by atomic mass is 16.6. The minimum Gasteiger partial charge on any atom is -0.411 e. The second kappa shape index (κ2) is 5.53. The first-order chi connectivity index (χ1) is 8.70. The van der Waals surface area contributed by atoms with Gasteiger partial charge in [0, 0.05) is 25.4 Å². The van der Waals surface area contributed by atoms with Crippen molar-refractivity contribution in [3.8, 4) is 5.75 Å². The maximum atomic E-state index is 11.9. The molecule has 0 aromatic heterocycles. The van der Waals surface area contributed by atoms with Crippen LogP contribution in [0.2, 0.25) is 0 Å². The van der Waals surface area contributed by atoms with Crippen LogP contribution in [0.15, 0.2) is 35.5 Å². The summed E-state index contributed by atoms with van der Waals surface area (Å²) in [4.78, 5) is 13.5. The molecule has 1 unspecified atom stereocenters. The summed E-state index contributed by atoms with van der Waals surface area (Å²) in [6, 6.07) is 8.98. The SMILES string of the molecule is CC1CN(C(=O)Oc2ccccc2)CC/C1=N\O. The van der Waals surface area contributed by atoms with E-state index in [1.807, 2.05) is 25.1 Å². The molecule has 2 rings (SSSR count). The lowest BCUT2D eigenvalue weighted by molar-refractivity contribution is 0.145. The number of ether oxygens (including phenoxy) is 1. The van der Waals surface area contributed by atoms with Crippen molar-refractivity contribution in [2.24, 2.45) is 11.1 Å². The fourth-order valence-corrected chi connectivity index (χ4v) is 1.99. The predicted molar refractivity (Wildman–Crippen MR) is 67.0 cm³/mol. The van der Waals surface area contributed by atoms with Crippen LogP contribution in [0.3, 0.4) is 0 Å². The van der Waals surface area contributed by atoms with Gasteiger partial charge in [-0.2, -0.15) is 0 Å². The molecule has 0 radical (unpaired) electrons. The Morgan fingerprint density at radius 2 is 2.17 bits per heavy atom. The number of nitrogens with zero attached hydrogens (tertiary/aromatic N) is 2. The largest absolute Gasteiger partial charge is 0.415 e. The molecular weight excluding hydrogens is 232 g/mol. The number of hydrogen-bond acceptors (Lipinski definition) is 4. The van der Waals surface area contributed by atoms with Gasteiger partial charge in [-0.15, -0.1) is 0 Å². The van der Waals surface area contributed by atoms with Gasteiger partial charge in [-0.3, -0.25) is 0 Å². The Morgan fingerprint density at radius 1 is 1.44 bits per heavy atom. The maximum Gasteiger partial charge on any atom is 0.415 e. The monoisotopic (exact) mass is 248 g/mol. The lowest BCUT2D eigenvalue weighted by Crippen LogP contribution is -2.44. The van der Waals surface area contributed by atoms with Crippen LogP contribution >= 0.6 is 0 Å². The third kappa shape index (κ3) is 2.80. The summed E-state index contributed by atoms with van der Waals surface area (Å²) in [6.07, 6.45) is 0.228. The van der Waals surface area contributed by atoms with Crippen LogP contribution in [0, 0.1) is 5.92 Å². The van der Waals surface area contributed by atoms with Crippen molar-refractivity contribution in [1.82, 2.24) is 4.90 Å². The van der Waals surface area contributed by atoms with Gasteiger partial charge in [0.2, 0.25) is 0 Å². The third-order valence-electron chi connectivity index (χ3n) is 3.04. The van der Waals surface area contributed by atoms with E-state index in [9.17, 15) is 4.79 Å². The molecule has 1 fully saturated rings. The number of carbonyl (C=O) groups excluding carboxylic acids is 1. The van der Waals surface area contributed by atoms with Crippen molar-refractivity contribution in [2.45, 2.75) is 13.3 Å². The van der Waals surface area contributed by atoms with Gasteiger partial charge in [0.25, 0.3) is 0 Å². The number of likely N-dealkylation sites (tertiary alicyclic amines) is 1. The summed E-state index contributed by atoms with van der Waals surface area (Å²) >= 11 is 0. The topological polar surface area (TPSA) is 62.1 Å². The number of benzene rings is 1. The van der Waals surface area contributed by atoms with Crippen LogP contribution in [-0.4, -0.2) is 35.0 Å². The van der Waals surface area contributed by atoms with Crippen molar-refractivity contribution in [1.29, 1.82) is 0 Å². The third-order valence-corrected chi connectivity index (χ3v) is 3.04. The molecule has 0 aliphatic carbocycles. The van der Waals surface area contributed by atoms with Crippen molar-refractivity contribution >= 4 is 11.8 Å². The molecule has 18 heavy (non-hydrogen) atoms. The van der Waals surface area contributed by atoms with Crippen LogP contribution in [0.4, 0.5) is 4.79 Å². The molecule has 1 aromatic rings. The van der Waals surface area contributed by atoms with Crippen LogP contribution in [0.5, 0.6) is 5.75 Å². The Bertz CT molecular complexity index is 445. The van der Waals surface area contributed by atoms with Crippen LogP contribution in [0.25, 0.3) is 0 Å². The fourth-order valence-electron chi connectivity index (χ4n) is 1.99. The van der Waals surface area contributed by atoms with Crippen molar-refractivity contribution in [2.75, 3.05) is 13.1 Å². The van der Waals surface area contributed by atoms with Crippen LogP contribution in [0.1, 0.15) is 13.3 Å². The smallest absolute Gasteiger partial charge is 0.411 e. The zero-order valence-corrected chi connectivity index (χ0v) is 10.2. The lowest BCUT2D eigenvalue weighted by atomic mass is 9.98. The lowest BCUT2D eigenvalue weighted by Gasteiger charge is -2.30. The molecule has 1 saturated heterocycles. The molecule has 1 amide bonds. The van der Waals surface area contributed by atoms with Gasteiger partial charge < -0.3 is 14.8 Å². The first-order valence-electron chi connectivity index (χ1n) is 5.93. The second-order valence-corrected chi connectivity index (χ2v) is 4.37. The Hall–Kier alpha value is -2.04. The zero-order chi connectivity index (χ0) is 13.0. The van der Waals surface area contributed by atoms with E-state index in [-0.39, 0.29) is 12.0 Å². The average molecular weight is 248 g/mol. The molecule has 0 saturated carbocycles. The maximum absolute atomic E-state index is 11.9. The molecule has 1 aromatic carbocycles. The van der Waals surface area contributed by atoms with E-state index in [4.69, 9.17) is 9.94 Å².